The van der Waals surface area contributed by atoms with E-state index in [0.29, 0.717) is 6.54 Å². The van der Waals surface area contributed by atoms with Gasteiger partial charge in [0.15, 0.2) is 0 Å². The van der Waals surface area contributed by atoms with Crippen LogP contribution in [0.3, 0.4) is 0 Å². The second kappa shape index (κ2) is 7.57. The molecule has 1 saturated heterocycles. The molecule has 3 rings (SSSR count). The molecule has 6 nitrogen and oxygen atoms in total. The van der Waals surface area contributed by atoms with Gasteiger partial charge in [-0.3, -0.25) is 4.79 Å². The van der Waals surface area contributed by atoms with Gasteiger partial charge in [-0.05, 0) is 43.7 Å². The highest BCUT2D eigenvalue weighted by molar-refractivity contribution is 7.89. The lowest BCUT2D eigenvalue weighted by Gasteiger charge is -2.33. The van der Waals surface area contributed by atoms with Crippen LogP contribution in [0.4, 0.5) is 5.69 Å². The Morgan fingerprint density at radius 3 is 2.54 bits per heavy atom. The highest BCUT2D eigenvalue weighted by Gasteiger charge is 2.28. The molecule has 1 heterocycles. The molecule has 2 aromatic rings. The van der Waals surface area contributed by atoms with E-state index in [4.69, 9.17) is 4.74 Å². The Hall–Kier alpha value is -2.22. The van der Waals surface area contributed by atoms with E-state index in [2.05, 4.69) is 4.72 Å². The molecule has 0 aromatic heterocycles. The Kier molecular flexibility index (Phi) is 5.41. The number of benzene rings is 2. The Morgan fingerprint density at radius 2 is 1.85 bits per heavy atom. The van der Waals surface area contributed by atoms with E-state index >= 15 is 0 Å². The molecule has 7 heteroatoms. The van der Waals surface area contributed by atoms with Crippen LogP contribution in [-0.2, 0) is 19.6 Å². The molecule has 1 unspecified atom stereocenters. The number of carbonyl (C=O) groups excluding carboxylic acids is 1. The predicted octanol–water partition coefficient (Wildman–Crippen LogP) is 2.01. The quantitative estimate of drug-likeness (QED) is 0.869. The lowest BCUT2D eigenvalue weighted by molar-refractivity contribution is -0.129. The molecular formula is C19H22N2O4S. The van der Waals surface area contributed by atoms with Crippen molar-refractivity contribution < 1.29 is 17.9 Å². The Morgan fingerprint density at radius 1 is 1.12 bits per heavy atom. The minimum absolute atomic E-state index is 0.0646. The summed E-state index contributed by atoms with van der Waals surface area (Å²) in [5, 5.41) is 0. The van der Waals surface area contributed by atoms with E-state index in [0.717, 1.165) is 16.8 Å². The number of ether oxygens (including phenoxy) is 1. The maximum absolute atomic E-state index is 12.4. The van der Waals surface area contributed by atoms with Gasteiger partial charge in [0, 0.05) is 12.2 Å². The van der Waals surface area contributed by atoms with Gasteiger partial charge in [0.2, 0.25) is 10.0 Å². The van der Waals surface area contributed by atoms with Crippen molar-refractivity contribution in [3.05, 3.63) is 59.7 Å². The molecule has 1 aliphatic rings. The number of nitrogens with zero attached hydrogens (tertiary/aromatic N) is 1. The first-order chi connectivity index (χ1) is 12.3. The van der Waals surface area contributed by atoms with Crippen molar-refractivity contribution in [3.63, 3.8) is 0 Å². The lowest BCUT2D eigenvalue weighted by atomic mass is 10.2. The minimum atomic E-state index is -3.61. The van der Waals surface area contributed by atoms with E-state index < -0.39 is 16.1 Å². The van der Waals surface area contributed by atoms with Crippen LogP contribution in [0.25, 0.3) is 0 Å². The van der Waals surface area contributed by atoms with Crippen molar-refractivity contribution in [2.24, 2.45) is 0 Å². The number of sulfonamides is 1. The second-order valence-electron chi connectivity index (χ2n) is 6.44. The molecule has 1 N–H and O–H groups in total. The molecular weight excluding hydrogens is 352 g/mol. The van der Waals surface area contributed by atoms with Crippen molar-refractivity contribution in [3.8, 4) is 0 Å². The normalized spacial score (nSPS) is 18.2. The van der Waals surface area contributed by atoms with E-state index in [1.807, 2.05) is 38.1 Å². The summed E-state index contributed by atoms with van der Waals surface area (Å²) in [6.45, 7) is 4.20. The Bertz CT molecular complexity index is 894. The molecule has 2 aromatic carbocycles. The molecule has 1 fully saturated rings. The van der Waals surface area contributed by atoms with Crippen molar-refractivity contribution in [2.75, 3.05) is 24.6 Å². The zero-order chi connectivity index (χ0) is 18.7. The van der Waals surface area contributed by atoms with Gasteiger partial charge in [-0.1, -0.05) is 29.8 Å². The van der Waals surface area contributed by atoms with E-state index in [1.54, 1.807) is 29.2 Å². The maximum atomic E-state index is 12.4. The summed E-state index contributed by atoms with van der Waals surface area (Å²) >= 11 is 0. The van der Waals surface area contributed by atoms with Gasteiger partial charge in [-0.15, -0.1) is 0 Å². The predicted molar refractivity (Wildman–Crippen MR) is 99.6 cm³/mol. The number of morpholine rings is 1. The van der Waals surface area contributed by atoms with Gasteiger partial charge < -0.3 is 9.64 Å². The first kappa shape index (κ1) is 18.6. The molecule has 0 spiro atoms. The Labute approximate surface area is 153 Å². The fraction of sp³-hybridized carbons (Fsp3) is 0.316. The summed E-state index contributed by atoms with van der Waals surface area (Å²) in [5.74, 6) is -0.131. The highest BCUT2D eigenvalue weighted by Crippen LogP contribution is 2.20. The van der Waals surface area contributed by atoms with Gasteiger partial charge in [-0.2, -0.15) is 0 Å². The van der Waals surface area contributed by atoms with Crippen LogP contribution in [0.2, 0.25) is 0 Å². The molecule has 0 radical (unpaired) electrons. The number of aryl methyl sites for hydroxylation is 2. The average Bonchev–Trinajstić information content (AvgIpc) is 2.61. The number of hydrogen-bond acceptors (Lipinski definition) is 4. The van der Waals surface area contributed by atoms with Crippen LogP contribution in [-0.4, -0.2) is 40.1 Å². The molecule has 1 amide bonds. The topological polar surface area (TPSA) is 75.7 Å². The fourth-order valence-electron chi connectivity index (χ4n) is 2.80. The molecule has 138 valence electrons. The van der Waals surface area contributed by atoms with Crippen LogP contribution in [0.15, 0.2) is 53.4 Å². The van der Waals surface area contributed by atoms with Gasteiger partial charge in [0.25, 0.3) is 5.91 Å². The standard InChI is InChI=1S/C19H22N2O4S/c1-14-6-8-18(9-7-14)26(23,24)20-11-17-12-21(19(22)13-25-17)16-5-3-4-15(2)10-16/h3-10,17,20H,11-13H2,1-2H3. The van der Waals surface area contributed by atoms with Crippen LogP contribution in [0.5, 0.6) is 0 Å². The summed E-state index contributed by atoms with van der Waals surface area (Å²) in [6.07, 6.45) is -0.409. The van der Waals surface area contributed by atoms with Crippen molar-refractivity contribution in [1.29, 1.82) is 0 Å². The second-order valence-corrected chi connectivity index (χ2v) is 8.21. The average molecular weight is 374 g/mol. The lowest BCUT2D eigenvalue weighted by Crippen LogP contribution is -2.50. The molecule has 0 aliphatic carbocycles. The van der Waals surface area contributed by atoms with Gasteiger partial charge >= 0.3 is 0 Å². The molecule has 0 saturated carbocycles. The molecule has 26 heavy (non-hydrogen) atoms. The highest BCUT2D eigenvalue weighted by atomic mass is 32.2. The third-order valence-electron chi connectivity index (χ3n) is 4.28. The summed E-state index contributed by atoms with van der Waals surface area (Å²) < 4.78 is 32.9. The third-order valence-corrected chi connectivity index (χ3v) is 5.71. The Balaban J connectivity index is 1.67. The smallest absolute Gasteiger partial charge is 0.253 e. The summed E-state index contributed by atoms with van der Waals surface area (Å²) in [6, 6.07) is 14.3. The van der Waals surface area contributed by atoms with Crippen LogP contribution >= 0.6 is 0 Å². The minimum Gasteiger partial charge on any atom is -0.365 e. The van der Waals surface area contributed by atoms with E-state index in [9.17, 15) is 13.2 Å². The monoisotopic (exact) mass is 374 g/mol. The number of hydrogen-bond donors (Lipinski definition) is 1. The van der Waals surface area contributed by atoms with E-state index in [-0.39, 0.29) is 24.0 Å². The number of nitrogens with one attached hydrogen (secondary N) is 1. The first-order valence-electron chi connectivity index (χ1n) is 8.40. The first-order valence-corrected chi connectivity index (χ1v) is 9.88. The van der Waals surface area contributed by atoms with E-state index in [1.165, 1.54) is 0 Å². The summed E-state index contributed by atoms with van der Waals surface area (Å²) in [5.41, 5.74) is 2.84. The number of rotatable bonds is 5. The number of amides is 1. The van der Waals surface area contributed by atoms with Gasteiger partial charge in [-0.25, -0.2) is 13.1 Å². The SMILES string of the molecule is Cc1ccc(S(=O)(=O)NCC2CN(c3cccc(C)c3)C(=O)CO2)cc1. The zero-order valence-corrected chi connectivity index (χ0v) is 15.6. The molecule has 0 bridgehead atoms. The van der Waals surface area contributed by atoms with Gasteiger partial charge in [0.1, 0.15) is 6.61 Å². The summed E-state index contributed by atoms with van der Waals surface area (Å²) in [7, 11) is -3.61. The number of anilines is 1. The summed E-state index contributed by atoms with van der Waals surface area (Å²) in [4.78, 5) is 14.0. The zero-order valence-electron chi connectivity index (χ0n) is 14.8. The van der Waals surface area contributed by atoms with Crippen LogP contribution in [0, 0.1) is 13.8 Å². The van der Waals surface area contributed by atoms with Crippen LogP contribution < -0.4 is 9.62 Å². The van der Waals surface area contributed by atoms with Crippen LogP contribution in [0.1, 0.15) is 11.1 Å². The fourth-order valence-corrected chi connectivity index (χ4v) is 3.86. The van der Waals surface area contributed by atoms with Crippen molar-refractivity contribution in [2.45, 2.75) is 24.8 Å². The molecule has 1 aliphatic heterocycles. The maximum Gasteiger partial charge on any atom is 0.253 e. The third kappa shape index (κ3) is 4.30. The number of carbonyl (C=O) groups is 1. The van der Waals surface area contributed by atoms with Crippen molar-refractivity contribution >= 4 is 21.6 Å². The van der Waals surface area contributed by atoms with Gasteiger partial charge in [0.05, 0.1) is 17.5 Å². The largest absolute Gasteiger partial charge is 0.365 e. The van der Waals surface area contributed by atoms with Crippen molar-refractivity contribution in [1.82, 2.24) is 4.72 Å². The molecule has 1 atom stereocenters.